The van der Waals surface area contributed by atoms with Crippen molar-refractivity contribution in [2.24, 2.45) is 5.73 Å². The number of nitrogens with one attached hydrogen (secondary N) is 1. The van der Waals surface area contributed by atoms with E-state index in [1.165, 1.54) is 7.05 Å². The van der Waals surface area contributed by atoms with Crippen LogP contribution in [0.15, 0.2) is 0 Å². The maximum Gasteiger partial charge on any atom is -0.0121 e. The summed E-state index contributed by atoms with van der Waals surface area (Å²) in [4.78, 5) is 1.97. The summed E-state index contributed by atoms with van der Waals surface area (Å²) < 4.78 is 0. The maximum absolute atomic E-state index is 4.50. The zero-order chi connectivity index (χ0) is 6.71. The minimum Gasteiger partial charge on any atom is -0.333 e. The monoisotopic (exact) mass is 234 g/mol. The molecule has 8 heavy (non-hydrogen) atoms. The van der Waals surface area contributed by atoms with E-state index >= 15 is 0 Å². The Morgan fingerprint density at radius 3 is 1.12 bits per heavy atom. The lowest BCUT2D eigenvalue weighted by atomic mass is 11.3. The molecule has 0 saturated heterocycles. The topological polar surface area (TPSA) is 38.0 Å². The molecule has 0 aromatic heterocycles. The summed E-state index contributed by atoms with van der Waals surface area (Å²) >= 11 is 2.15. The van der Waals surface area contributed by atoms with E-state index in [0.29, 0.717) is 0 Å². The lowest BCUT2D eigenvalue weighted by Crippen LogP contribution is -1.89. The van der Waals surface area contributed by atoms with E-state index in [0.717, 1.165) is 0 Å². The lowest BCUT2D eigenvalue weighted by molar-refractivity contribution is 1.02. The zero-order valence-corrected chi connectivity index (χ0v) is 7.61. The first-order chi connectivity index (χ1) is 3.41. The molecule has 0 aromatic carbocycles. The highest BCUT2D eigenvalue weighted by atomic mass is 127. The van der Waals surface area contributed by atoms with Crippen molar-refractivity contribution in [2.45, 2.75) is 7.43 Å². The van der Waals surface area contributed by atoms with Crippen molar-refractivity contribution < 1.29 is 0 Å². The van der Waals surface area contributed by atoms with Crippen LogP contribution in [-0.2, 0) is 0 Å². The van der Waals surface area contributed by atoms with Gasteiger partial charge in [0.15, 0.2) is 0 Å². The standard InChI is InChI=1S/C2H7N.CH3I.CH5N.CH4/c1-3-2;2*1-2;/h3H,1-2H3;1H3;2H2,1H3;1H4. The highest BCUT2D eigenvalue weighted by Gasteiger charge is 1.25. The molecule has 0 heterocycles. The molecule has 56 valence electrons. The zero-order valence-electron chi connectivity index (χ0n) is 5.46. The molecule has 2 nitrogen and oxygen atoms in total. The predicted octanol–water partition coefficient (Wildman–Crippen LogP) is 1.10. The molecule has 0 spiro atoms. The van der Waals surface area contributed by atoms with Crippen LogP contribution in [-0.4, -0.2) is 26.1 Å². The molecule has 0 amide bonds. The first-order valence-corrected chi connectivity index (χ1v) is 4.11. The molecule has 0 radical (unpaired) electrons. The van der Waals surface area contributed by atoms with Crippen molar-refractivity contribution in [3.8, 4) is 0 Å². The van der Waals surface area contributed by atoms with Crippen molar-refractivity contribution in [1.82, 2.24) is 5.32 Å². The number of halogens is 1. The number of hydrogen-bond acceptors (Lipinski definition) is 2. The van der Waals surface area contributed by atoms with Crippen molar-refractivity contribution in [2.75, 3.05) is 26.1 Å². The van der Waals surface area contributed by atoms with E-state index in [2.05, 4.69) is 33.6 Å². The normalized spacial score (nSPS) is 3.75. The summed E-state index contributed by atoms with van der Waals surface area (Å²) in [6, 6.07) is 0. The average Bonchev–Trinajstić information content (AvgIpc) is 1.78. The lowest BCUT2D eigenvalue weighted by Gasteiger charge is -1.59. The van der Waals surface area contributed by atoms with Crippen LogP contribution < -0.4 is 11.1 Å². The molecule has 0 fully saturated rings. The van der Waals surface area contributed by atoms with Crippen LogP contribution >= 0.6 is 22.6 Å². The van der Waals surface area contributed by atoms with Crippen molar-refractivity contribution in [1.29, 1.82) is 0 Å². The Hall–Kier alpha value is 0.650. The molecule has 3 N–H and O–H groups in total. The van der Waals surface area contributed by atoms with Crippen molar-refractivity contribution >= 4 is 22.6 Å². The second-order valence-corrected chi connectivity index (χ2v) is 0.500. The second-order valence-electron chi connectivity index (χ2n) is 0.500. The molecule has 0 aliphatic carbocycles. The van der Waals surface area contributed by atoms with Gasteiger partial charge in [-0.2, -0.15) is 0 Å². The highest BCUT2D eigenvalue weighted by Crippen LogP contribution is 1.48. The summed E-state index contributed by atoms with van der Waals surface area (Å²) in [7, 11) is 5.25. The number of alkyl halides is 1. The van der Waals surface area contributed by atoms with Crippen LogP contribution in [0.3, 0.4) is 0 Å². The number of nitrogens with two attached hydrogens (primary N) is 1. The fourth-order valence-corrected chi connectivity index (χ4v) is 0. The van der Waals surface area contributed by atoms with Gasteiger partial charge in [0.05, 0.1) is 0 Å². The van der Waals surface area contributed by atoms with Crippen LogP contribution in [0.5, 0.6) is 0 Å². The summed E-state index contributed by atoms with van der Waals surface area (Å²) in [5, 5.41) is 2.75. The summed E-state index contributed by atoms with van der Waals surface area (Å²) in [5.74, 6) is 0. The Morgan fingerprint density at radius 2 is 1.12 bits per heavy atom. The van der Waals surface area contributed by atoms with Gasteiger partial charge in [0.2, 0.25) is 0 Å². The smallest absolute Gasteiger partial charge is 0.0121 e. The van der Waals surface area contributed by atoms with Gasteiger partial charge in [-0.25, -0.2) is 0 Å². The molecule has 0 aliphatic heterocycles. The molecule has 0 saturated carbocycles. The Balaban J connectivity index is -0.0000000147. The molecule has 0 unspecified atom stereocenters. The van der Waals surface area contributed by atoms with Gasteiger partial charge in [-0.1, -0.05) is 30.0 Å². The average molecular weight is 234 g/mol. The molecular weight excluding hydrogens is 215 g/mol. The van der Waals surface area contributed by atoms with Gasteiger partial charge in [-0.15, -0.1) is 0 Å². The number of hydrogen-bond donors (Lipinski definition) is 2. The molecule has 3 heteroatoms. The van der Waals surface area contributed by atoms with Gasteiger partial charge in [0, 0.05) is 0 Å². The summed E-state index contributed by atoms with van der Waals surface area (Å²) in [6.45, 7) is 0. The van der Waals surface area contributed by atoms with Gasteiger partial charge in [-0.05, 0) is 26.1 Å². The van der Waals surface area contributed by atoms with Crippen LogP contribution in [0.4, 0.5) is 0 Å². The fourth-order valence-electron chi connectivity index (χ4n) is 0. The SMILES string of the molecule is C.CI.CN.CNC. The quantitative estimate of drug-likeness (QED) is 0.486. The Morgan fingerprint density at radius 1 is 1.12 bits per heavy atom. The van der Waals surface area contributed by atoms with Crippen LogP contribution in [0.1, 0.15) is 7.43 Å². The highest BCUT2D eigenvalue weighted by molar-refractivity contribution is 14.1. The molecule has 0 aliphatic rings. The molecule has 0 bridgehead atoms. The van der Waals surface area contributed by atoms with Crippen LogP contribution in [0.2, 0.25) is 0 Å². The third-order valence-corrected chi connectivity index (χ3v) is 0. The number of rotatable bonds is 0. The van der Waals surface area contributed by atoms with E-state index in [9.17, 15) is 0 Å². The maximum atomic E-state index is 4.50. The van der Waals surface area contributed by atoms with Gasteiger partial charge >= 0.3 is 0 Å². The third kappa shape index (κ3) is 502. The van der Waals surface area contributed by atoms with Gasteiger partial charge in [0.1, 0.15) is 0 Å². The van der Waals surface area contributed by atoms with Crippen molar-refractivity contribution in [3.63, 3.8) is 0 Å². The van der Waals surface area contributed by atoms with E-state index in [1.54, 1.807) is 0 Å². The van der Waals surface area contributed by atoms with E-state index in [-0.39, 0.29) is 7.43 Å². The van der Waals surface area contributed by atoms with Crippen LogP contribution in [0.25, 0.3) is 0 Å². The first kappa shape index (κ1) is 23.4. The van der Waals surface area contributed by atoms with E-state index in [1.807, 2.05) is 19.0 Å². The summed E-state index contributed by atoms with van der Waals surface area (Å²) in [5.41, 5.74) is 4.50. The largest absolute Gasteiger partial charge is 0.333 e. The van der Waals surface area contributed by atoms with Crippen LogP contribution in [0, 0.1) is 0 Å². The fraction of sp³-hybridized carbons (Fsp3) is 1.00. The second kappa shape index (κ2) is 124. The first-order valence-electron chi connectivity index (χ1n) is 1.96. The molecule has 0 aromatic rings. The van der Waals surface area contributed by atoms with Gasteiger partial charge < -0.3 is 11.1 Å². The Bertz CT molecular complexity index is 10.4. The minimum atomic E-state index is 0. The van der Waals surface area contributed by atoms with Gasteiger partial charge in [-0.3, -0.25) is 0 Å². The molecule has 0 atom stereocenters. The third-order valence-electron chi connectivity index (χ3n) is 0. The predicted molar refractivity (Wildman–Crippen MR) is 51.8 cm³/mol. The Kier molecular flexibility index (Phi) is 364. The molecular formula is C5H19IN2. The minimum absolute atomic E-state index is 0. The molecule has 0 rings (SSSR count). The van der Waals surface area contributed by atoms with Crippen molar-refractivity contribution in [3.05, 3.63) is 0 Å². The summed E-state index contributed by atoms with van der Waals surface area (Å²) in [6.07, 6.45) is 0. The van der Waals surface area contributed by atoms with E-state index in [4.69, 9.17) is 0 Å². The van der Waals surface area contributed by atoms with E-state index < -0.39 is 0 Å². The van der Waals surface area contributed by atoms with Gasteiger partial charge in [0.25, 0.3) is 0 Å². The Labute approximate surface area is 67.4 Å².